The summed E-state index contributed by atoms with van der Waals surface area (Å²) in [5, 5.41) is 3.46. The minimum atomic E-state index is 0.153. The van der Waals surface area contributed by atoms with Crippen molar-refractivity contribution in [2.45, 2.75) is 19.9 Å². The van der Waals surface area contributed by atoms with E-state index in [2.05, 4.69) is 28.3 Å². The molecule has 17 heavy (non-hydrogen) atoms. The van der Waals surface area contributed by atoms with Crippen LogP contribution in [0.3, 0.4) is 0 Å². The molecule has 0 aliphatic carbocycles. The van der Waals surface area contributed by atoms with Gasteiger partial charge in [-0.25, -0.2) is 4.98 Å². The van der Waals surface area contributed by atoms with Crippen LogP contribution in [-0.2, 0) is 7.05 Å². The van der Waals surface area contributed by atoms with Gasteiger partial charge >= 0.3 is 0 Å². The van der Waals surface area contributed by atoms with Crippen LogP contribution in [0, 0.1) is 6.92 Å². The lowest BCUT2D eigenvalue weighted by atomic mass is 10.1. The molecular weight excluding hydrogens is 212 g/mol. The third-order valence-corrected chi connectivity index (χ3v) is 2.83. The van der Waals surface area contributed by atoms with Crippen molar-refractivity contribution < 1.29 is 0 Å². The van der Waals surface area contributed by atoms with Gasteiger partial charge in [-0.05, 0) is 25.1 Å². The molecule has 0 amide bonds. The second-order valence-corrected chi connectivity index (χ2v) is 4.15. The number of nitrogens with zero attached hydrogens (tertiary/aromatic N) is 3. The van der Waals surface area contributed by atoms with Crippen LogP contribution in [0.5, 0.6) is 0 Å². The molecule has 0 bridgehead atoms. The fraction of sp³-hybridized carbons (Fsp3) is 0.385. The third kappa shape index (κ3) is 2.53. The van der Waals surface area contributed by atoms with Gasteiger partial charge in [0.05, 0.1) is 24.3 Å². The molecule has 1 atom stereocenters. The van der Waals surface area contributed by atoms with Crippen molar-refractivity contribution in [1.82, 2.24) is 19.9 Å². The maximum Gasteiger partial charge on any atom is 0.0946 e. The van der Waals surface area contributed by atoms with Gasteiger partial charge in [-0.1, -0.05) is 13.0 Å². The molecule has 0 radical (unpaired) electrons. The molecule has 2 heterocycles. The average Bonchev–Trinajstić information content (AvgIpc) is 2.74. The van der Waals surface area contributed by atoms with Gasteiger partial charge in [0.1, 0.15) is 0 Å². The second-order valence-electron chi connectivity index (χ2n) is 4.15. The quantitative estimate of drug-likeness (QED) is 0.871. The van der Waals surface area contributed by atoms with E-state index in [0.717, 1.165) is 17.9 Å². The predicted molar refractivity (Wildman–Crippen MR) is 67.7 cm³/mol. The smallest absolute Gasteiger partial charge is 0.0946 e. The number of hydrogen-bond donors (Lipinski definition) is 1. The van der Waals surface area contributed by atoms with Gasteiger partial charge in [0, 0.05) is 18.9 Å². The summed E-state index contributed by atoms with van der Waals surface area (Å²) in [5.41, 5.74) is 3.35. The monoisotopic (exact) mass is 230 g/mol. The molecule has 0 spiro atoms. The molecule has 1 N–H and O–H groups in total. The number of rotatable bonds is 4. The fourth-order valence-corrected chi connectivity index (χ4v) is 1.89. The Bertz CT molecular complexity index is 472. The van der Waals surface area contributed by atoms with Crippen molar-refractivity contribution >= 4 is 0 Å². The molecule has 0 saturated carbocycles. The van der Waals surface area contributed by atoms with Gasteiger partial charge in [-0.3, -0.25) is 4.98 Å². The molecule has 90 valence electrons. The number of hydrogen-bond acceptors (Lipinski definition) is 3. The number of aromatic nitrogens is 3. The van der Waals surface area contributed by atoms with Crippen molar-refractivity contribution in [3.63, 3.8) is 0 Å². The number of imidazole rings is 1. The molecule has 0 fully saturated rings. The highest BCUT2D eigenvalue weighted by Gasteiger charge is 2.16. The highest BCUT2D eigenvalue weighted by molar-refractivity contribution is 5.25. The Morgan fingerprint density at radius 3 is 2.71 bits per heavy atom. The molecule has 0 saturated heterocycles. The van der Waals surface area contributed by atoms with Crippen LogP contribution in [0.2, 0.25) is 0 Å². The maximum atomic E-state index is 4.35. The summed E-state index contributed by atoms with van der Waals surface area (Å²) in [7, 11) is 2.01. The maximum absolute atomic E-state index is 4.35. The lowest BCUT2D eigenvalue weighted by Gasteiger charge is -2.18. The lowest BCUT2D eigenvalue weighted by Crippen LogP contribution is -2.24. The van der Waals surface area contributed by atoms with E-state index in [9.17, 15) is 0 Å². The van der Waals surface area contributed by atoms with Crippen LogP contribution in [-0.4, -0.2) is 21.1 Å². The Balaban J connectivity index is 2.35. The lowest BCUT2D eigenvalue weighted by molar-refractivity contribution is 0.591. The predicted octanol–water partition coefficient (Wildman–Crippen LogP) is 1.82. The third-order valence-electron chi connectivity index (χ3n) is 2.83. The zero-order chi connectivity index (χ0) is 12.3. The first kappa shape index (κ1) is 11.8. The topological polar surface area (TPSA) is 42.7 Å². The summed E-state index contributed by atoms with van der Waals surface area (Å²) >= 11 is 0. The van der Waals surface area contributed by atoms with E-state index in [1.54, 1.807) is 0 Å². The number of nitrogens with one attached hydrogen (secondary N) is 1. The van der Waals surface area contributed by atoms with Crippen molar-refractivity contribution in [2.75, 3.05) is 6.54 Å². The van der Waals surface area contributed by atoms with Gasteiger partial charge in [0.25, 0.3) is 0 Å². The molecule has 4 nitrogen and oxygen atoms in total. The summed E-state index contributed by atoms with van der Waals surface area (Å²) in [6, 6.07) is 4.30. The van der Waals surface area contributed by atoms with E-state index >= 15 is 0 Å². The number of aryl methyl sites for hydroxylation is 2. The molecule has 0 aromatic carbocycles. The van der Waals surface area contributed by atoms with Crippen LogP contribution in [0.4, 0.5) is 0 Å². The van der Waals surface area contributed by atoms with E-state index in [1.165, 1.54) is 5.56 Å². The first-order chi connectivity index (χ1) is 8.22. The van der Waals surface area contributed by atoms with E-state index < -0.39 is 0 Å². The number of pyridine rings is 1. The van der Waals surface area contributed by atoms with Crippen molar-refractivity contribution in [3.05, 3.63) is 47.8 Å². The van der Waals surface area contributed by atoms with Crippen LogP contribution in [0.1, 0.15) is 29.9 Å². The summed E-state index contributed by atoms with van der Waals surface area (Å²) < 4.78 is 2.03. The molecule has 4 heteroatoms. The van der Waals surface area contributed by atoms with Gasteiger partial charge in [0.2, 0.25) is 0 Å². The van der Waals surface area contributed by atoms with Crippen molar-refractivity contribution in [3.8, 4) is 0 Å². The molecule has 2 aromatic rings. The van der Waals surface area contributed by atoms with Gasteiger partial charge < -0.3 is 9.88 Å². The van der Waals surface area contributed by atoms with Crippen LogP contribution < -0.4 is 5.32 Å². The average molecular weight is 230 g/mol. The largest absolute Gasteiger partial charge is 0.336 e. The van der Waals surface area contributed by atoms with E-state index in [0.29, 0.717) is 0 Å². The molecule has 2 rings (SSSR count). The molecule has 1 unspecified atom stereocenters. The minimum absolute atomic E-state index is 0.153. The first-order valence-electron chi connectivity index (χ1n) is 5.84. The SMILES string of the molecule is CCNC(c1ccc(C)nc1)c1cncn1C. The summed E-state index contributed by atoms with van der Waals surface area (Å²) in [6.45, 7) is 5.00. The summed E-state index contributed by atoms with van der Waals surface area (Å²) in [5.74, 6) is 0. The second kappa shape index (κ2) is 5.10. The van der Waals surface area contributed by atoms with Crippen LogP contribution >= 0.6 is 0 Å². The van der Waals surface area contributed by atoms with Gasteiger partial charge in [-0.15, -0.1) is 0 Å². The van der Waals surface area contributed by atoms with E-state index in [-0.39, 0.29) is 6.04 Å². The molecule has 0 aliphatic rings. The van der Waals surface area contributed by atoms with E-state index in [4.69, 9.17) is 0 Å². The first-order valence-corrected chi connectivity index (χ1v) is 5.84. The molecule has 0 aliphatic heterocycles. The fourth-order valence-electron chi connectivity index (χ4n) is 1.89. The Labute approximate surface area is 102 Å². The van der Waals surface area contributed by atoms with Crippen molar-refractivity contribution in [2.24, 2.45) is 7.05 Å². The molecular formula is C13H18N4. The Morgan fingerprint density at radius 2 is 2.18 bits per heavy atom. The summed E-state index contributed by atoms with van der Waals surface area (Å²) in [6.07, 6.45) is 5.64. The van der Waals surface area contributed by atoms with Crippen LogP contribution in [0.25, 0.3) is 0 Å². The standard InChI is InChI=1S/C13H18N4/c1-4-15-13(12-8-14-9-17(12)3)11-6-5-10(2)16-7-11/h5-9,13,15H,4H2,1-3H3. The van der Waals surface area contributed by atoms with Gasteiger partial charge in [-0.2, -0.15) is 0 Å². The zero-order valence-electron chi connectivity index (χ0n) is 10.5. The highest BCUT2D eigenvalue weighted by Crippen LogP contribution is 2.20. The van der Waals surface area contributed by atoms with Crippen molar-refractivity contribution in [1.29, 1.82) is 0 Å². The van der Waals surface area contributed by atoms with Crippen LogP contribution in [0.15, 0.2) is 30.9 Å². The highest BCUT2D eigenvalue weighted by atomic mass is 15.1. The zero-order valence-corrected chi connectivity index (χ0v) is 10.5. The normalized spacial score (nSPS) is 12.6. The Kier molecular flexibility index (Phi) is 3.54. The molecule has 2 aromatic heterocycles. The Hall–Kier alpha value is -1.68. The van der Waals surface area contributed by atoms with Gasteiger partial charge in [0.15, 0.2) is 0 Å². The van der Waals surface area contributed by atoms with E-state index in [1.807, 2.05) is 43.3 Å². The Morgan fingerprint density at radius 1 is 1.35 bits per heavy atom. The minimum Gasteiger partial charge on any atom is -0.336 e. The summed E-state index contributed by atoms with van der Waals surface area (Å²) in [4.78, 5) is 8.52.